The number of guanidine groups is 1. The molecular formula is C16H37IN4O. The van der Waals surface area contributed by atoms with Crippen molar-refractivity contribution in [3.63, 3.8) is 0 Å². The van der Waals surface area contributed by atoms with Crippen molar-refractivity contribution < 1.29 is 4.74 Å². The fraction of sp³-hybridized carbons (Fsp3) is 0.938. The van der Waals surface area contributed by atoms with Crippen LogP contribution in [0.4, 0.5) is 0 Å². The molecule has 6 heteroatoms. The zero-order valence-corrected chi connectivity index (χ0v) is 17.5. The van der Waals surface area contributed by atoms with Gasteiger partial charge < -0.3 is 20.3 Å². The van der Waals surface area contributed by atoms with Crippen LogP contribution >= 0.6 is 24.0 Å². The molecule has 0 aromatic carbocycles. The average molecular weight is 428 g/mol. The van der Waals surface area contributed by atoms with Crippen molar-refractivity contribution in [3.8, 4) is 0 Å². The third-order valence-electron chi connectivity index (χ3n) is 3.11. The van der Waals surface area contributed by atoms with Crippen LogP contribution in [-0.2, 0) is 4.74 Å². The SMILES string of the molecule is CCCCN(C)CCNC(=NC)NCCCOCC(C)C.I. The maximum atomic E-state index is 5.55. The number of unbranched alkanes of at least 4 members (excludes halogenated alkanes) is 1. The van der Waals surface area contributed by atoms with E-state index in [1.54, 1.807) is 0 Å². The Bertz CT molecular complexity index is 263. The molecule has 0 unspecified atom stereocenters. The van der Waals surface area contributed by atoms with Gasteiger partial charge in [-0.25, -0.2) is 0 Å². The highest BCUT2D eigenvalue weighted by Crippen LogP contribution is 1.93. The van der Waals surface area contributed by atoms with Crippen molar-refractivity contribution in [1.82, 2.24) is 15.5 Å². The van der Waals surface area contributed by atoms with Gasteiger partial charge in [-0.15, -0.1) is 24.0 Å². The Morgan fingerprint density at radius 2 is 1.82 bits per heavy atom. The number of hydrogen-bond donors (Lipinski definition) is 2. The molecule has 0 aliphatic rings. The first-order valence-electron chi connectivity index (χ1n) is 8.31. The van der Waals surface area contributed by atoms with Crippen molar-refractivity contribution in [2.24, 2.45) is 10.9 Å². The van der Waals surface area contributed by atoms with Crippen LogP contribution in [0.2, 0.25) is 0 Å². The summed E-state index contributed by atoms with van der Waals surface area (Å²) < 4.78 is 5.55. The van der Waals surface area contributed by atoms with Gasteiger partial charge in [-0.3, -0.25) is 4.99 Å². The fourth-order valence-electron chi connectivity index (χ4n) is 1.83. The van der Waals surface area contributed by atoms with Gasteiger partial charge >= 0.3 is 0 Å². The van der Waals surface area contributed by atoms with E-state index in [1.807, 2.05) is 7.05 Å². The van der Waals surface area contributed by atoms with Crippen molar-refractivity contribution in [1.29, 1.82) is 0 Å². The second-order valence-electron chi connectivity index (χ2n) is 5.90. The van der Waals surface area contributed by atoms with Gasteiger partial charge in [0, 0.05) is 39.9 Å². The Morgan fingerprint density at radius 1 is 1.14 bits per heavy atom. The van der Waals surface area contributed by atoms with Crippen LogP contribution in [0.5, 0.6) is 0 Å². The summed E-state index contributed by atoms with van der Waals surface area (Å²) in [5.41, 5.74) is 0. The van der Waals surface area contributed by atoms with Crippen LogP contribution in [0, 0.1) is 5.92 Å². The molecule has 22 heavy (non-hydrogen) atoms. The normalized spacial score (nSPS) is 11.7. The summed E-state index contributed by atoms with van der Waals surface area (Å²) in [6.07, 6.45) is 3.52. The van der Waals surface area contributed by atoms with E-state index in [1.165, 1.54) is 12.8 Å². The van der Waals surface area contributed by atoms with E-state index in [4.69, 9.17) is 4.74 Å². The van der Waals surface area contributed by atoms with E-state index in [0.29, 0.717) is 5.92 Å². The lowest BCUT2D eigenvalue weighted by Gasteiger charge is -2.18. The third-order valence-corrected chi connectivity index (χ3v) is 3.11. The molecule has 0 fully saturated rings. The number of halogens is 1. The molecule has 0 rings (SSSR count). The van der Waals surface area contributed by atoms with E-state index < -0.39 is 0 Å². The van der Waals surface area contributed by atoms with Gasteiger partial charge in [-0.2, -0.15) is 0 Å². The first-order chi connectivity index (χ1) is 10.1. The zero-order valence-electron chi connectivity index (χ0n) is 15.2. The minimum atomic E-state index is 0. The predicted molar refractivity (Wildman–Crippen MR) is 107 cm³/mol. The lowest BCUT2D eigenvalue weighted by Crippen LogP contribution is -2.41. The molecule has 0 spiro atoms. The topological polar surface area (TPSA) is 48.9 Å². The van der Waals surface area contributed by atoms with Crippen molar-refractivity contribution in [2.45, 2.75) is 40.0 Å². The van der Waals surface area contributed by atoms with Crippen LogP contribution < -0.4 is 10.6 Å². The standard InChI is InChI=1S/C16H36N4O.HI/c1-6-7-11-20(5)12-10-19-16(17-4)18-9-8-13-21-14-15(2)3;/h15H,6-14H2,1-5H3,(H2,17,18,19);1H. The molecule has 0 aromatic rings. The van der Waals surface area contributed by atoms with Crippen LogP contribution in [-0.4, -0.2) is 64.3 Å². The van der Waals surface area contributed by atoms with E-state index in [9.17, 15) is 0 Å². The van der Waals surface area contributed by atoms with Crippen LogP contribution in [0.1, 0.15) is 40.0 Å². The molecule has 0 saturated heterocycles. The van der Waals surface area contributed by atoms with Gasteiger partial charge in [0.15, 0.2) is 5.96 Å². The quantitative estimate of drug-likeness (QED) is 0.217. The largest absolute Gasteiger partial charge is 0.381 e. The second kappa shape index (κ2) is 17.3. The summed E-state index contributed by atoms with van der Waals surface area (Å²) >= 11 is 0. The van der Waals surface area contributed by atoms with Gasteiger partial charge in [-0.05, 0) is 32.4 Å². The molecule has 0 atom stereocenters. The maximum absolute atomic E-state index is 5.55. The van der Waals surface area contributed by atoms with E-state index in [0.717, 1.165) is 51.8 Å². The summed E-state index contributed by atoms with van der Waals surface area (Å²) in [6.45, 7) is 12.2. The molecule has 0 saturated carbocycles. The molecule has 0 aliphatic heterocycles. The summed E-state index contributed by atoms with van der Waals surface area (Å²) in [5.74, 6) is 1.49. The minimum absolute atomic E-state index is 0. The van der Waals surface area contributed by atoms with Gasteiger partial charge in [-0.1, -0.05) is 27.2 Å². The summed E-state index contributed by atoms with van der Waals surface area (Å²) in [7, 11) is 3.98. The van der Waals surface area contributed by atoms with Gasteiger partial charge in [0.05, 0.1) is 0 Å². The Kier molecular flexibility index (Phi) is 19.0. The summed E-state index contributed by atoms with van der Waals surface area (Å²) in [4.78, 5) is 6.58. The van der Waals surface area contributed by atoms with E-state index in [2.05, 4.69) is 48.3 Å². The van der Waals surface area contributed by atoms with Crippen LogP contribution in [0.25, 0.3) is 0 Å². The minimum Gasteiger partial charge on any atom is -0.381 e. The maximum Gasteiger partial charge on any atom is 0.191 e. The predicted octanol–water partition coefficient (Wildman–Crippen LogP) is 2.56. The van der Waals surface area contributed by atoms with Crippen molar-refractivity contribution in [3.05, 3.63) is 0 Å². The number of rotatable bonds is 12. The lowest BCUT2D eigenvalue weighted by molar-refractivity contribution is 0.108. The fourth-order valence-corrected chi connectivity index (χ4v) is 1.83. The third kappa shape index (κ3) is 16.3. The first-order valence-corrected chi connectivity index (χ1v) is 8.31. The number of nitrogens with zero attached hydrogens (tertiary/aromatic N) is 2. The van der Waals surface area contributed by atoms with E-state index >= 15 is 0 Å². The Labute approximate surface area is 154 Å². The summed E-state index contributed by atoms with van der Waals surface area (Å²) in [6, 6.07) is 0. The molecule has 0 aliphatic carbocycles. The Hall–Kier alpha value is -0.0800. The molecule has 0 amide bonds. The number of likely N-dealkylation sites (N-methyl/N-ethyl adjacent to an activating group) is 1. The lowest BCUT2D eigenvalue weighted by atomic mass is 10.2. The zero-order chi connectivity index (χ0) is 15.9. The van der Waals surface area contributed by atoms with Crippen LogP contribution in [0.3, 0.4) is 0 Å². The number of hydrogen-bond acceptors (Lipinski definition) is 3. The molecule has 0 heterocycles. The second-order valence-corrected chi connectivity index (χ2v) is 5.90. The smallest absolute Gasteiger partial charge is 0.191 e. The molecule has 0 bridgehead atoms. The molecule has 134 valence electrons. The molecular weight excluding hydrogens is 391 g/mol. The highest BCUT2D eigenvalue weighted by atomic mass is 127. The molecule has 0 aromatic heterocycles. The summed E-state index contributed by atoms with van der Waals surface area (Å²) in [5, 5.41) is 6.66. The highest BCUT2D eigenvalue weighted by Gasteiger charge is 2.00. The molecule has 5 nitrogen and oxygen atoms in total. The van der Waals surface area contributed by atoms with Crippen LogP contribution in [0.15, 0.2) is 4.99 Å². The molecule has 2 N–H and O–H groups in total. The molecule has 0 radical (unpaired) electrons. The Morgan fingerprint density at radius 3 is 2.41 bits per heavy atom. The van der Waals surface area contributed by atoms with Gasteiger partial charge in [0.1, 0.15) is 0 Å². The van der Waals surface area contributed by atoms with Crippen molar-refractivity contribution in [2.75, 3.05) is 53.5 Å². The van der Waals surface area contributed by atoms with Gasteiger partial charge in [0.2, 0.25) is 0 Å². The highest BCUT2D eigenvalue weighted by molar-refractivity contribution is 14.0. The van der Waals surface area contributed by atoms with Crippen molar-refractivity contribution >= 4 is 29.9 Å². The first kappa shape index (κ1) is 24.2. The Balaban J connectivity index is 0. The monoisotopic (exact) mass is 428 g/mol. The number of nitrogens with one attached hydrogen (secondary N) is 2. The number of aliphatic imine (C=N–C) groups is 1. The van der Waals surface area contributed by atoms with E-state index in [-0.39, 0.29) is 24.0 Å². The van der Waals surface area contributed by atoms with Gasteiger partial charge in [0.25, 0.3) is 0 Å². The number of ether oxygens (including phenoxy) is 1. The average Bonchev–Trinajstić information content (AvgIpc) is 2.46.